The van der Waals surface area contributed by atoms with Crippen LogP contribution in [0.5, 0.6) is 0 Å². The standard InChI is InChI=1S/C23H22N2O6S/c26-22(17-31-23(27)10-8-20-6-3-15-30-20)24-11-13-25(14-12-24)32(28,29)21-9-7-18-4-1-2-5-19(18)16-21/h1-10,15-16H,11-14,17H2/b10-8+. The Morgan fingerprint density at radius 3 is 2.44 bits per heavy atom. The number of ether oxygens (including phenoxy) is 1. The number of carbonyl (C=O) groups is 2. The number of hydrogen-bond donors (Lipinski definition) is 0. The Morgan fingerprint density at radius 2 is 1.72 bits per heavy atom. The van der Waals surface area contributed by atoms with Crippen LogP contribution in [0.2, 0.25) is 0 Å². The molecule has 0 saturated carbocycles. The number of fused-ring (bicyclic) bond motifs is 1. The molecule has 1 fully saturated rings. The average molecular weight is 455 g/mol. The first-order valence-corrected chi connectivity index (χ1v) is 11.5. The van der Waals surface area contributed by atoms with Crippen LogP contribution < -0.4 is 0 Å². The van der Waals surface area contributed by atoms with Gasteiger partial charge in [0.15, 0.2) is 6.61 Å². The third-order valence-corrected chi connectivity index (χ3v) is 7.11. The van der Waals surface area contributed by atoms with Gasteiger partial charge in [-0.25, -0.2) is 13.2 Å². The van der Waals surface area contributed by atoms with Crippen molar-refractivity contribution in [1.82, 2.24) is 9.21 Å². The van der Waals surface area contributed by atoms with Crippen molar-refractivity contribution in [2.24, 2.45) is 0 Å². The number of hydrogen-bond acceptors (Lipinski definition) is 6. The van der Waals surface area contributed by atoms with Crippen molar-refractivity contribution in [2.75, 3.05) is 32.8 Å². The average Bonchev–Trinajstić information content (AvgIpc) is 3.34. The van der Waals surface area contributed by atoms with Crippen LogP contribution in [-0.2, 0) is 24.3 Å². The summed E-state index contributed by atoms with van der Waals surface area (Å²) in [4.78, 5) is 25.8. The van der Waals surface area contributed by atoms with E-state index in [0.29, 0.717) is 5.76 Å². The Morgan fingerprint density at radius 1 is 0.969 bits per heavy atom. The van der Waals surface area contributed by atoms with Gasteiger partial charge in [0.2, 0.25) is 10.0 Å². The SMILES string of the molecule is O=C(/C=C/c1ccco1)OCC(=O)N1CCN(S(=O)(=O)c2ccc3ccccc3c2)CC1. The summed E-state index contributed by atoms with van der Waals surface area (Å²) in [7, 11) is -3.67. The Labute approximate surface area is 185 Å². The van der Waals surface area contributed by atoms with Crippen LogP contribution in [0.3, 0.4) is 0 Å². The summed E-state index contributed by atoms with van der Waals surface area (Å²) in [5.74, 6) is -0.531. The molecule has 0 unspecified atom stereocenters. The van der Waals surface area contributed by atoms with Crippen LogP contribution >= 0.6 is 0 Å². The molecule has 0 spiro atoms. The van der Waals surface area contributed by atoms with Gasteiger partial charge < -0.3 is 14.1 Å². The molecule has 0 bridgehead atoms. The number of furan rings is 1. The van der Waals surface area contributed by atoms with Crippen LogP contribution in [0, 0.1) is 0 Å². The Balaban J connectivity index is 1.30. The van der Waals surface area contributed by atoms with Crippen molar-refractivity contribution in [3.63, 3.8) is 0 Å². The highest BCUT2D eigenvalue weighted by Crippen LogP contribution is 2.22. The molecule has 2 aromatic carbocycles. The van der Waals surface area contributed by atoms with E-state index in [1.807, 2.05) is 24.3 Å². The summed E-state index contributed by atoms with van der Waals surface area (Å²) in [5.41, 5.74) is 0. The maximum absolute atomic E-state index is 13.0. The van der Waals surface area contributed by atoms with E-state index < -0.39 is 22.6 Å². The number of rotatable bonds is 6. The van der Waals surface area contributed by atoms with Gasteiger partial charge in [-0.3, -0.25) is 4.79 Å². The van der Waals surface area contributed by atoms with Crippen LogP contribution in [0.4, 0.5) is 0 Å². The van der Waals surface area contributed by atoms with Crippen LogP contribution in [-0.4, -0.2) is 62.3 Å². The third kappa shape index (κ3) is 4.90. The fraction of sp³-hybridized carbons (Fsp3) is 0.217. The molecule has 0 N–H and O–H groups in total. The molecule has 8 nitrogen and oxygen atoms in total. The molecule has 0 atom stereocenters. The number of carbonyl (C=O) groups excluding carboxylic acids is 2. The third-order valence-electron chi connectivity index (χ3n) is 5.21. The lowest BCUT2D eigenvalue weighted by Crippen LogP contribution is -2.51. The summed E-state index contributed by atoms with van der Waals surface area (Å²) in [5, 5.41) is 1.82. The first kappa shape index (κ1) is 21.8. The lowest BCUT2D eigenvalue weighted by molar-refractivity contribution is -0.148. The lowest BCUT2D eigenvalue weighted by Gasteiger charge is -2.33. The zero-order valence-corrected chi connectivity index (χ0v) is 18.0. The molecule has 1 amide bonds. The number of esters is 1. The normalized spacial score (nSPS) is 15.3. The minimum atomic E-state index is -3.67. The molecule has 1 aromatic heterocycles. The topological polar surface area (TPSA) is 97.1 Å². The van der Waals surface area contributed by atoms with E-state index in [1.165, 1.54) is 27.6 Å². The number of sulfonamides is 1. The van der Waals surface area contributed by atoms with Crippen molar-refractivity contribution in [1.29, 1.82) is 0 Å². The van der Waals surface area contributed by atoms with Crippen molar-refractivity contribution >= 4 is 38.7 Å². The fourth-order valence-electron chi connectivity index (χ4n) is 3.46. The van der Waals surface area contributed by atoms with Crippen molar-refractivity contribution in [3.8, 4) is 0 Å². The van der Waals surface area contributed by atoms with E-state index in [1.54, 1.807) is 30.3 Å². The van der Waals surface area contributed by atoms with Gasteiger partial charge in [0, 0.05) is 32.3 Å². The van der Waals surface area contributed by atoms with Crippen molar-refractivity contribution < 1.29 is 27.2 Å². The second-order valence-corrected chi connectivity index (χ2v) is 9.19. The summed E-state index contributed by atoms with van der Waals surface area (Å²) < 4.78 is 37.5. The number of amides is 1. The van der Waals surface area contributed by atoms with Gasteiger partial charge in [-0.2, -0.15) is 4.31 Å². The van der Waals surface area contributed by atoms with Gasteiger partial charge in [0.25, 0.3) is 5.91 Å². The molecule has 9 heteroatoms. The largest absolute Gasteiger partial charge is 0.465 e. The van der Waals surface area contributed by atoms with Gasteiger partial charge in [-0.15, -0.1) is 0 Å². The second kappa shape index (κ2) is 9.37. The predicted octanol–water partition coefficient (Wildman–Crippen LogP) is 2.52. The Kier molecular flexibility index (Phi) is 6.38. The van der Waals surface area contributed by atoms with Crippen molar-refractivity contribution in [2.45, 2.75) is 4.90 Å². The smallest absolute Gasteiger partial charge is 0.331 e. The molecule has 4 rings (SSSR count). The molecule has 2 heterocycles. The number of nitrogens with zero attached hydrogens (tertiary/aromatic N) is 2. The predicted molar refractivity (Wildman–Crippen MR) is 118 cm³/mol. The molecular formula is C23H22N2O6S. The zero-order valence-electron chi connectivity index (χ0n) is 17.2. The summed E-state index contributed by atoms with van der Waals surface area (Å²) in [6, 6.07) is 16.0. The quantitative estimate of drug-likeness (QED) is 0.419. The molecule has 3 aromatic rings. The van der Waals surface area contributed by atoms with Crippen LogP contribution in [0.1, 0.15) is 5.76 Å². The van der Waals surface area contributed by atoms with E-state index >= 15 is 0 Å². The molecule has 32 heavy (non-hydrogen) atoms. The minimum absolute atomic E-state index is 0.174. The highest BCUT2D eigenvalue weighted by Gasteiger charge is 2.30. The molecule has 0 radical (unpaired) electrons. The number of piperazine rings is 1. The van der Waals surface area contributed by atoms with E-state index in [2.05, 4.69) is 0 Å². The van der Waals surface area contributed by atoms with Crippen LogP contribution in [0.25, 0.3) is 16.8 Å². The summed E-state index contributed by atoms with van der Waals surface area (Å²) >= 11 is 0. The zero-order chi connectivity index (χ0) is 22.6. The molecule has 0 aliphatic carbocycles. The van der Waals surface area contributed by atoms with E-state index in [4.69, 9.17) is 9.15 Å². The van der Waals surface area contributed by atoms with Crippen LogP contribution in [0.15, 0.2) is 76.2 Å². The first-order valence-electron chi connectivity index (χ1n) is 10.1. The molecule has 166 valence electrons. The molecule has 1 saturated heterocycles. The van der Waals surface area contributed by atoms with Gasteiger partial charge in [0.1, 0.15) is 5.76 Å². The van der Waals surface area contributed by atoms with Gasteiger partial charge in [-0.1, -0.05) is 30.3 Å². The van der Waals surface area contributed by atoms with Gasteiger partial charge in [-0.05, 0) is 41.1 Å². The molecule has 1 aliphatic heterocycles. The highest BCUT2D eigenvalue weighted by atomic mass is 32.2. The van der Waals surface area contributed by atoms with E-state index in [9.17, 15) is 18.0 Å². The van der Waals surface area contributed by atoms with Gasteiger partial charge in [0.05, 0.1) is 11.2 Å². The Hall–Kier alpha value is -3.43. The summed E-state index contributed by atoms with van der Waals surface area (Å²) in [6.07, 6.45) is 4.11. The number of benzene rings is 2. The minimum Gasteiger partial charge on any atom is -0.465 e. The maximum atomic E-state index is 13.0. The Bertz CT molecular complexity index is 1240. The van der Waals surface area contributed by atoms with Gasteiger partial charge >= 0.3 is 5.97 Å². The second-order valence-electron chi connectivity index (χ2n) is 7.25. The molecular weight excluding hydrogens is 432 g/mol. The van der Waals surface area contributed by atoms with E-state index in [-0.39, 0.29) is 37.0 Å². The monoisotopic (exact) mass is 454 g/mol. The maximum Gasteiger partial charge on any atom is 0.331 e. The van der Waals surface area contributed by atoms with Crippen molar-refractivity contribution in [3.05, 3.63) is 72.7 Å². The highest BCUT2D eigenvalue weighted by molar-refractivity contribution is 7.89. The summed E-state index contributed by atoms with van der Waals surface area (Å²) in [6.45, 7) is 0.399. The fourth-order valence-corrected chi connectivity index (χ4v) is 4.92. The molecule has 1 aliphatic rings. The first-order chi connectivity index (χ1) is 15.4. The van der Waals surface area contributed by atoms with E-state index in [0.717, 1.165) is 10.8 Å². The lowest BCUT2D eigenvalue weighted by atomic mass is 10.1.